The van der Waals surface area contributed by atoms with Crippen LogP contribution in [0.3, 0.4) is 0 Å². The number of ketones is 2. The number of carbonyl (C=O) groups is 3. The van der Waals surface area contributed by atoms with Gasteiger partial charge in [-0.15, -0.1) is 0 Å². The van der Waals surface area contributed by atoms with Gasteiger partial charge in [-0.25, -0.2) is 0 Å². The minimum absolute atomic E-state index is 0.118. The molecule has 0 spiro atoms. The summed E-state index contributed by atoms with van der Waals surface area (Å²) < 4.78 is 10.5. The van der Waals surface area contributed by atoms with Gasteiger partial charge in [0.1, 0.15) is 5.75 Å². The molecule has 2 rings (SSSR count). The van der Waals surface area contributed by atoms with Gasteiger partial charge in [0.05, 0.1) is 12.2 Å². The zero-order chi connectivity index (χ0) is 15.4. The van der Waals surface area contributed by atoms with Crippen LogP contribution < -0.4 is 4.74 Å². The number of ether oxygens (including phenoxy) is 2. The third-order valence-corrected chi connectivity index (χ3v) is 3.31. The van der Waals surface area contributed by atoms with Gasteiger partial charge in [0.2, 0.25) is 17.7 Å². The maximum Gasteiger partial charge on any atom is 0.306 e. The number of unbranched alkanes of at least 4 members (excludes halogenated alkanes) is 1. The van der Waals surface area contributed by atoms with E-state index >= 15 is 0 Å². The van der Waals surface area contributed by atoms with Crippen molar-refractivity contribution in [3.8, 4) is 5.75 Å². The predicted molar refractivity (Wildman–Crippen MR) is 75.7 cm³/mol. The van der Waals surface area contributed by atoms with Crippen LogP contribution in [0.5, 0.6) is 5.75 Å². The highest BCUT2D eigenvalue weighted by Crippen LogP contribution is 2.32. The molecule has 0 heterocycles. The molecule has 0 N–H and O–H groups in total. The van der Waals surface area contributed by atoms with Crippen LogP contribution in [-0.2, 0) is 9.53 Å². The van der Waals surface area contributed by atoms with Crippen molar-refractivity contribution in [3.63, 3.8) is 0 Å². The second-order valence-electron chi connectivity index (χ2n) is 4.83. The van der Waals surface area contributed by atoms with Gasteiger partial charge >= 0.3 is 5.97 Å². The highest BCUT2D eigenvalue weighted by Gasteiger charge is 2.43. The Bertz CT molecular complexity index is 576. The van der Waals surface area contributed by atoms with Gasteiger partial charge < -0.3 is 9.47 Å². The van der Waals surface area contributed by atoms with E-state index in [1.807, 2.05) is 6.92 Å². The molecule has 1 aromatic rings. The number of Topliss-reactive ketones (excluding diaryl/α,β-unsaturated/α-hetero) is 2. The van der Waals surface area contributed by atoms with E-state index in [1.54, 1.807) is 25.1 Å². The molecule has 0 saturated heterocycles. The number of hydrogen-bond donors (Lipinski definition) is 0. The molecular formula is C16H18O5. The van der Waals surface area contributed by atoms with Gasteiger partial charge in [0, 0.05) is 12.0 Å². The average Bonchev–Trinajstić information content (AvgIpc) is 2.73. The summed E-state index contributed by atoms with van der Waals surface area (Å²) in [5.74, 6) is -1.15. The standard InChI is InChI=1S/C16H18O5/c1-3-5-9-20-11-8-6-7-10-13(11)15(19)16(14(10)18)21-12(17)4-2/h6-8,16H,3-5,9H2,1-2H3. The molecule has 0 radical (unpaired) electrons. The summed E-state index contributed by atoms with van der Waals surface area (Å²) in [5, 5.41) is 0. The first-order chi connectivity index (χ1) is 10.1. The predicted octanol–water partition coefficient (Wildman–Crippen LogP) is 2.57. The van der Waals surface area contributed by atoms with Crippen molar-refractivity contribution in [2.75, 3.05) is 6.61 Å². The molecule has 21 heavy (non-hydrogen) atoms. The first-order valence-corrected chi connectivity index (χ1v) is 7.13. The summed E-state index contributed by atoms with van der Waals surface area (Å²) in [6, 6.07) is 4.88. The molecule has 1 atom stereocenters. The van der Waals surface area contributed by atoms with Gasteiger partial charge in [0.15, 0.2) is 0 Å². The van der Waals surface area contributed by atoms with E-state index in [4.69, 9.17) is 9.47 Å². The molecule has 0 saturated carbocycles. The molecular weight excluding hydrogens is 272 g/mol. The summed E-state index contributed by atoms with van der Waals surface area (Å²) >= 11 is 0. The number of fused-ring (bicyclic) bond motifs is 1. The maximum absolute atomic E-state index is 12.3. The molecule has 1 aromatic carbocycles. The summed E-state index contributed by atoms with van der Waals surface area (Å²) in [6.45, 7) is 4.13. The minimum Gasteiger partial charge on any atom is -0.493 e. The van der Waals surface area contributed by atoms with Crippen molar-refractivity contribution in [3.05, 3.63) is 29.3 Å². The number of carbonyl (C=O) groups excluding carboxylic acids is 3. The fourth-order valence-corrected chi connectivity index (χ4v) is 2.15. The molecule has 5 nitrogen and oxygen atoms in total. The fraction of sp³-hybridized carbons (Fsp3) is 0.438. The Morgan fingerprint density at radius 3 is 2.62 bits per heavy atom. The number of benzene rings is 1. The highest BCUT2D eigenvalue weighted by atomic mass is 16.6. The Labute approximate surface area is 123 Å². The van der Waals surface area contributed by atoms with E-state index in [1.165, 1.54) is 0 Å². The molecule has 1 aliphatic carbocycles. The van der Waals surface area contributed by atoms with E-state index in [9.17, 15) is 14.4 Å². The fourth-order valence-electron chi connectivity index (χ4n) is 2.15. The number of rotatable bonds is 6. The van der Waals surface area contributed by atoms with Gasteiger partial charge in [-0.2, -0.15) is 0 Å². The molecule has 112 valence electrons. The van der Waals surface area contributed by atoms with Crippen LogP contribution in [-0.4, -0.2) is 30.2 Å². The largest absolute Gasteiger partial charge is 0.493 e. The van der Waals surface area contributed by atoms with Crippen molar-refractivity contribution in [1.82, 2.24) is 0 Å². The second-order valence-corrected chi connectivity index (χ2v) is 4.83. The minimum atomic E-state index is -1.36. The Balaban J connectivity index is 2.26. The zero-order valence-corrected chi connectivity index (χ0v) is 12.2. The van der Waals surface area contributed by atoms with E-state index in [-0.39, 0.29) is 17.5 Å². The molecule has 1 unspecified atom stereocenters. The van der Waals surface area contributed by atoms with Gasteiger partial charge in [-0.1, -0.05) is 32.4 Å². The summed E-state index contributed by atoms with van der Waals surface area (Å²) in [4.78, 5) is 35.9. The second kappa shape index (κ2) is 6.52. The van der Waals surface area contributed by atoms with Crippen LogP contribution in [0.25, 0.3) is 0 Å². The lowest BCUT2D eigenvalue weighted by Gasteiger charge is -2.09. The number of esters is 1. The Morgan fingerprint density at radius 1 is 1.19 bits per heavy atom. The van der Waals surface area contributed by atoms with E-state index in [2.05, 4.69) is 0 Å². The Hall–Kier alpha value is -2.17. The monoisotopic (exact) mass is 290 g/mol. The van der Waals surface area contributed by atoms with Crippen molar-refractivity contribution in [2.24, 2.45) is 0 Å². The summed E-state index contributed by atoms with van der Waals surface area (Å²) in [7, 11) is 0. The van der Waals surface area contributed by atoms with Crippen molar-refractivity contribution in [2.45, 2.75) is 39.2 Å². The van der Waals surface area contributed by atoms with Crippen LogP contribution in [0.15, 0.2) is 18.2 Å². The SMILES string of the molecule is CCCCOc1cccc2c1C(=O)C(OC(=O)CC)C2=O. The van der Waals surface area contributed by atoms with Gasteiger partial charge in [-0.3, -0.25) is 14.4 Å². The van der Waals surface area contributed by atoms with Crippen molar-refractivity contribution >= 4 is 17.5 Å². The van der Waals surface area contributed by atoms with Gasteiger partial charge in [0.25, 0.3) is 0 Å². The van der Waals surface area contributed by atoms with E-state index < -0.39 is 23.6 Å². The smallest absolute Gasteiger partial charge is 0.306 e. The Kier molecular flexibility index (Phi) is 4.73. The molecule has 0 fully saturated rings. The molecule has 0 amide bonds. The zero-order valence-electron chi connectivity index (χ0n) is 12.2. The number of hydrogen-bond acceptors (Lipinski definition) is 5. The molecule has 1 aliphatic rings. The van der Waals surface area contributed by atoms with Crippen LogP contribution in [0.1, 0.15) is 53.8 Å². The van der Waals surface area contributed by atoms with E-state index in [0.717, 1.165) is 12.8 Å². The summed E-state index contributed by atoms with van der Waals surface area (Å²) in [6.07, 6.45) is 0.592. The average molecular weight is 290 g/mol. The lowest BCUT2D eigenvalue weighted by atomic mass is 10.1. The third-order valence-electron chi connectivity index (χ3n) is 3.31. The quantitative estimate of drug-likeness (QED) is 0.457. The lowest BCUT2D eigenvalue weighted by Crippen LogP contribution is -2.28. The van der Waals surface area contributed by atoms with Gasteiger partial charge in [-0.05, 0) is 12.5 Å². The first-order valence-electron chi connectivity index (χ1n) is 7.13. The van der Waals surface area contributed by atoms with Crippen molar-refractivity contribution < 1.29 is 23.9 Å². The first kappa shape index (κ1) is 15.2. The van der Waals surface area contributed by atoms with Crippen LogP contribution >= 0.6 is 0 Å². The van der Waals surface area contributed by atoms with Crippen LogP contribution in [0, 0.1) is 0 Å². The molecule has 0 aliphatic heterocycles. The van der Waals surface area contributed by atoms with Crippen LogP contribution in [0.4, 0.5) is 0 Å². The topological polar surface area (TPSA) is 69.7 Å². The molecule has 0 bridgehead atoms. The summed E-state index contributed by atoms with van der Waals surface area (Å²) in [5.41, 5.74) is 0.496. The van der Waals surface area contributed by atoms with Crippen LogP contribution in [0.2, 0.25) is 0 Å². The maximum atomic E-state index is 12.3. The molecule has 0 aromatic heterocycles. The lowest BCUT2D eigenvalue weighted by molar-refractivity contribution is -0.144. The molecule has 5 heteroatoms. The highest BCUT2D eigenvalue weighted by molar-refractivity contribution is 6.30. The normalized spacial score (nSPS) is 16.8. The van der Waals surface area contributed by atoms with E-state index in [0.29, 0.717) is 12.4 Å². The van der Waals surface area contributed by atoms with Crippen molar-refractivity contribution in [1.29, 1.82) is 0 Å². The Morgan fingerprint density at radius 2 is 1.95 bits per heavy atom. The third kappa shape index (κ3) is 2.96.